The molecule has 5 heteroatoms. The summed E-state index contributed by atoms with van der Waals surface area (Å²) in [6.07, 6.45) is 0.182. The average Bonchev–Trinajstić information content (AvgIpc) is 2.37. The van der Waals surface area contributed by atoms with Gasteiger partial charge in [-0.05, 0) is 19.2 Å². The lowest BCUT2D eigenvalue weighted by molar-refractivity contribution is -0.0117. The first kappa shape index (κ1) is 11.8. The van der Waals surface area contributed by atoms with Crippen molar-refractivity contribution in [3.63, 3.8) is 0 Å². The van der Waals surface area contributed by atoms with Gasteiger partial charge in [-0.2, -0.15) is 5.26 Å². The molecule has 0 saturated carbocycles. The Balaban J connectivity index is 1.87. The van der Waals surface area contributed by atoms with Gasteiger partial charge in [0.25, 0.3) is 0 Å². The zero-order valence-corrected chi connectivity index (χ0v) is 9.89. The van der Waals surface area contributed by atoms with Crippen molar-refractivity contribution >= 4 is 5.82 Å². The fourth-order valence-corrected chi connectivity index (χ4v) is 1.80. The number of nitriles is 1. The molecule has 17 heavy (non-hydrogen) atoms. The Labute approximate surface area is 101 Å². The maximum absolute atomic E-state index is 8.74. The summed E-state index contributed by atoms with van der Waals surface area (Å²) in [5.41, 5.74) is 0.427. The van der Waals surface area contributed by atoms with Crippen LogP contribution in [0.25, 0.3) is 0 Å². The maximum Gasteiger partial charge on any atom is 0.142 e. The summed E-state index contributed by atoms with van der Waals surface area (Å²) in [5.74, 6) is 0.723. The summed E-state index contributed by atoms with van der Waals surface area (Å²) in [6, 6.07) is 7.39. The van der Waals surface area contributed by atoms with Crippen molar-refractivity contribution in [2.45, 2.75) is 6.10 Å². The fraction of sp³-hybridized carbons (Fsp3) is 0.500. The molecular weight excluding hydrogens is 216 g/mol. The third kappa shape index (κ3) is 3.41. The molecule has 0 aromatic carbocycles. The second-order valence-electron chi connectivity index (χ2n) is 4.16. The van der Waals surface area contributed by atoms with Crippen LogP contribution in [0.15, 0.2) is 18.2 Å². The quantitative estimate of drug-likeness (QED) is 0.831. The van der Waals surface area contributed by atoms with Crippen molar-refractivity contribution in [2.75, 3.05) is 38.6 Å². The van der Waals surface area contributed by atoms with Gasteiger partial charge in [-0.15, -0.1) is 0 Å². The third-order valence-corrected chi connectivity index (χ3v) is 2.72. The van der Waals surface area contributed by atoms with Gasteiger partial charge in [-0.3, -0.25) is 0 Å². The highest BCUT2D eigenvalue weighted by molar-refractivity contribution is 5.38. The van der Waals surface area contributed by atoms with Crippen molar-refractivity contribution in [3.05, 3.63) is 23.9 Å². The van der Waals surface area contributed by atoms with Crippen molar-refractivity contribution < 1.29 is 4.74 Å². The van der Waals surface area contributed by atoms with Crippen LogP contribution in [0, 0.1) is 11.3 Å². The number of anilines is 1. The van der Waals surface area contributed by atoms with Crippen LogP contribution in [0.5, 0.6) is 0 Å². The molecule has 1 aromatic heterocycles. The Hall–Kier alpha value is -1.64. The van der Waals surface area contributed by atoms with Crippen LogP contribution in [-0.2, 0) is 4.74 Å². The fourth-order valence-electron chi connectivity index (χ4n) is 1.80. The summed E-state index contributed by atoms with van der Waals surface area (Å²) >= 11 is 0. The van der Waals surface area contributed by atoms with Gasteiger partial charge < -0.3 is 15.0 Å². The van der Waals surface area contributed by atoms with Gasteiger partial charge in [-0.25, -0.2) is 4.98 Å². The van der Waals surface area contributed by atoms with Gasteiger partial charge in [0.05, 0.1) is 12.7 Å². The highest BCUT2D eigenvalue weighted by Crippen LogP contribution is 2.07. The van der Waals surface area contributed by atoms with Crippen LogP contribution in [0.2, 0.25) is 0 Å². The standard InChI is InChI=1S/C12H16N4O/c1-16-5-6-17-11(9-16)8-14-12-4-2-3-10(7-13)15-12/h2-4,11H,5-6,8-9H2,1H3,(H,14,15). The van der Waals surface area contributed by atoms with E-state index in [1.54, 1.807) is 6.07 Å². The SMILES string of the molecule is CN1CCOC(CNc2cccc(C#N)n2)C1. The minimum atomic E-state index is 0.182. The summed E-state index contributed by atoms with van der Waals surface area (Å²) < 4.78 is 5.63. The second-order valence-corrected chi connectivity index (χ2v) is 4.16. The van der Waals surface area contributed by atoms with E-state index in [-0.39, 0.29) is 6.10 Å². The third-order valence-electron chi connectivity index (χ3n) is 2.72. The first-order chi connectivity index (χ1) is 8.28. The number of aromatic nitrogens is 1. The molecule has 1 fully saturated rings. The molecule has 1 aromatic rings. The molecule has 1 atom stereocenters. The van der Waals surface area contributed by atoms with Gasteiger partial charge in [0.15, 0.2) is 0 Å². The number of morpholine rings is 1. The predicted molar refractivity (Wildman–Crippen MR) is 64.7 cm³/mol. The van der Waals surface area contributed by atoms with Gasteiger partial charge in [0.2, 0.25) is 0 Å². The van der Waals surface area contributed by atoms with Crippen LogP contribution >= 0.6 is 0 Å². The lowest BCUT2D eigenvalue weighted by Gasteiger charge is -2.30. The summed E-state index contributed by atoms with van der Waals surface area (Å²) in [6.45, 7) is 3.39. The zero-order valence-electron chi connectivity index (χ0n) is 9.89. The van der Waals surface area contributed by atoms with E-state index in [0.29, 0.717) is 12.2 Å². The van der Waals surface area contributed by atoms with E-state index in [1.165, 1.54) is 0 Å². The predicted octanol–water partition coefficient (Wildman–Crippen LogP) is 0.696. The van der Waals surface area contributed by atoms with Crippen LogP contribution in [-0.4, -0.2) is 49.3 Å². The van der Waals surface area contributed by atoms with E-state index < -0.39 is 0 Å². The summed E-state index contributed by atoms with van der Waals surface area (Å²) in [4.78, 5) is 6.40. The van der Waals surface area contributed by atoms with E-state index in [9.17, 15) is 0 Å². The zero-order chi connectivity index (χ0) is 12.1. The molecule has 0 spiro atoms. The molecule has 5 nitrogen and oxygen atoms in total. The lowest BCUT2D eigenvalue weighted by atomic mass is 10.3. The molecule has 0 radical (unpaired) electrons. The number of rotatable bonds is 3. The molecule has 1 unspecified atom stereocenters. The van der Waals surface area contributed by atoms with E-state index in [0.717, 1.165) is 25.5 Å². The Morgan fingerprint density at radius 3 is 3.29 bits per heavy atom. The molecule has 90 valence electrons. The average molecular weight is 232 g/mol. The number of hydrogen-bond acceptors (Lipinski definition) is 5. The molecule has 1 aliphatic heterocycles. The maximum atomic E-state index is 8.74. The molecule has 2 rings (SSSR count). The Kier molecular flexibility index (Phi) is 3.91. The molecule has 0 aliphatic carbocycles. The van der Waals surface area contributed by atoms with Crippen molar-refractivity contribution in [3.8, 4) is 6.07 Å². The van der Waals surface area contributed by atoms with Crippen LogP contribution in [0.3, 0.4) is 0 Å². The number of nitrogens with one attached hydrogen (secondary N) is 1. The van der Waals surface area contributed by atoms with Crippen LogP contribution in [0.4, 0.5) is 5.82 Å². The second kappa shape index (κ2) is 5.62. The highest BCUT2D eigenvalue weighted by atomic mass is 16.5. The topological polar surface area (TPSA) is 61.2 Å². The number of hydrogen-bond donors (Lipinski definition) is 1. The van der Waals surface area contributed by atoms with Crippen molar-refractivity contribution in [1.29, 1.82) is 5.26 Å². The van der Waals surface area contributed by atoms with Gasteiger partial charge >= 0.3 is 0 Å². The molecule has 1 saturated heterocycles. The largest absolute Gasteiger partial charge is 0.374 e. The Morgan fingerprint density at radius 2 is 2.53 bits per heavy atom. The van der Waals surface area contributed by atoms with E-state index in [1.807, 2.05) is 18.2 Å². The molecule has 1 N–H and O–H groups in total. The minimum absolute atomic E-state index is 0.182. The first-order valence-corrected chi connectivity index (χ1v) is 5.69. The van der Waals surface area contributed by atoms with Gasteiger partial charge in [0.1, 0.15) is 17.6 Å². The summed E-state index contributed by atoms with van der Waals surface area (Å²) in [5, 5.41) is 11.9. The number of pyridine rings is 1. The van der Waals surface area contributed by atoms with Gasteiger partial charge in [-0.1, -0.05) is 6.07 Å². The van der Waals surface area contributed by atoms with Crippen molar-refractivity contribution in [1.82, 2.24) is 9.88 Å². The van der Waals surface area contributed by atoms with Gasteiger partial charge in [0, 0.05) is 19.6 Å². The molecule has 0 amide bonds. The number of ether oxygens (including phenoxy) is 1. The highest BCUT2D eigenvalue weighted by Gasteiger charge is 2.17. The molecular formula is C12H16N4O. The lowest BCUT2D eigenvalue weighted by Crippen LogP contribution is -2.43. The Morgan fingerprint density at radius 1 is 1.65 bits per heavy atom. The molecule has 2 heterocycles. The normalized spacial score (nSPS) is 20.8. The molecule has 0 bridgehead atoms. The van der Waals surface area contributed by atoms with Crippen LogP contribution < -0.4 is 5.32 Å². The number of likely N-dealkylation sites (N-methyl/N-ethyl adjacent to an activating group) is 1. The van der Waals surface area contributed by atoms with E-state index in [2.05, 4.69) is 22.2 Å². The van der Waals surface area contributed by atoms with Crippen molar-refractivity contribution in [2.24, 2.45) is 0 Å². The summed E-state index contributed by atoms with van der Waals surface area (Å²) in [7, 11) is 2.09. The van der Waals surface area contributed by atoms with Crippen LogP contribution in [0.1, 0.15) is 5.69 Å². The smallest absolute Gasteiger partial charge is 0.142 e. The molecule has 1 aliphatic rings. The van der Waals surface area contributed by atoms with E-state index >= 15 is 0 Å². The monoisotopic (exact) mass is 232 g/mol. The Bertz CT molecular complexity index is 415. The minimum Gasteiger partial charge on any atom is -0.374 e. The first-order valence-electron chi connectivity index (χ1n) is 5.69. The van der Waals surface area contributed by atoms with E-state index in [4.69, 9.17) is 10.00 Å². The number of nitrogens with zero attached hydrogens (tertiary/aromatic N) is 3.